The average Bonchev–Trinajstić information content (AvgIpc) is 2.84. The van der Waals surface area contributed by atoms with Crippen LogP contribution in [0.15, 0.2) is 66.9 Å². The van der Waals surface area contributed by atoms with E-state index in [0.717, 1.165) is 29.7 Å². The Kier molecular flexibility index (Phi) is 6.50. The molecule has 0 bridgehead atoms. The van der Waals surface area contributed by atoms with Gasteiger partial charge in [0.15, 0.2) is 0 Å². The molecule has 3 aromatic rings. The molecule has 1 atom stereocenters. The number of aryl methyl sites for hydroxylation is 1. The Balaban J connectivity index is 1.45. The van der Waals surface area contributed by atoms with Crippen molar-refractivity contribution in [3.05, 3.63) is 78.0 Å². The predicted molar refractivity (Wildman–Crippen MR) is 125 cm³/mol. The Morgan fingerprint density at radius 3 is 2.62 bits per heavy atom. The van der Waals surface area contributed by atoms with E-state index in [9.17, 15) is 9.59 Å². The summed E-state index contributed by atoms with van der Waals surface area (Å²) in [5.74, 6) is -0.189. The van der Waals surface area contributed by atoms with Gasteiger partial charge in [-0.25, -0.2) is 4.98 Å². The summed E-state index contributed by atoms with van der Waals surface area (Å²) >= 11 is 0. The number of aromatic nitrogens is 1. The van der Waals surface area contributed by atoms with Gasteiger partial charge in [0.05, 0.1) is 13.0 Å². The zero-order valence-electron chi connectivity index (χ0n) is 18.4. The number of rotatable bonds is 5. The highest BCUT2D eigenvalue weighted by Crippen LogP contribution is 2.26. The number of carbonyl (C=O) groups is 2. The lowest BCUT2D eigenvalue weighted by molar-refractivity contribution is -0.121. The van der Waals surface area contributed by atoms with Crippen LogP contribution in [-0.4, -0.2) is 41.9 Å². The number of likely N-dealkylation sites (tertiary alicyclic amines) is 1. The van der Waals surface area contributed by atoms with E-state index in [-0.39, 0.29) is 17.7 Å². The van der Waals surface area contributed by atoms with Crippen LogP contribution in [0.2, 0.25) is 0 Å². The number of piperidine rings is 1. The lowest BCUT2D eigenvalue weighted by atomic mass is 9.96. The maximum Gasteiger partial charge on any atom is 0.259 e. The van der Waals surface area contributed by atoms with E-state index in [4.69, 9.17) is 4.74 Å². The summed E-state index contributed by atoms with van der Waals surface area (Å²) in [6.45, 7) is 3.05. The molecule has 0 unspecified atom stereocenters. The molecule has 1 aliphatic heterocycles. The molecular weight excluding hydrogens is 402 g/mol. The van der Waals surface area contributed by atoms with E-state index in [1.807, 2.05) is 30.3 Å². The minimum atomic E-state index is -0.266. The van der Waals surface area contributed by atoms with Crippen LogP contribution in [-0.2, 0) is 4.79 Å². The van der Waals surface area contributed by atoms with Gasteiger partial charge < -0.3 is 15.0 Å². The van der Waals surface area contributed by atoms with Gasteiger partial charge in [-0.05, 0) is 55.2 Å². The number of nitrogens with one attached hydrogen (secondary N) is 1. The van der Waals surface area contributed by atoms with Crippen LogP contribution >= 0.6 is 0 Å². The van der Waals surface area contributed by atoms with E-state index in [1.165, 1.54) is 12.7 Å². The molecule has 1 aliphatic rings. The van der Waals surface area contributed by atoms with Crippen LogP contribution in [0.1, 0.15) is 28.8 Å². The molecule has 0 aliphatic carbocycles. The molecule has 4 rings (SSSR count). The highest BCUT2D eigenvalue weighted by atomic mass is 16.5. The van der Waals surface area contributed by atoms with Gasteiger partial charge in [-0.15, -0.1) is 0 Å². The molecular formula is C26H27N3O3. The third kappa shape index (κ3) is 4.80. The minimum Gasteiger partial charge on any atom is -0.480 e. The molecule has 0 spiro atoms. The molecule has 1 N–H and O–H groups in total. The number of hydrogen-bond acceptors (Lipinski definition) is 4. The number of pyridine rings is 1. The topological polar surface area (TPSA) is 71.5 Å². The minimum absolute atomic E-state index is 0.0676. The zero-order chi connectivity index (χ0) is 22.5. The SMILES string of the molecule is COc1ncccc1C(=O)N1CCC[C@@H](C(=O)Nc2cccc(-c3cccc(C)c3)c2)C1. The van der Waals surface area contributed by atoms with Crippen LogP contribution in [0.4, 0.5) is 5.69 Å². The van der Waals surface area contributed by atoms with Crippen molar-refractivity contribution < 1.29 is 14.3 Å². The first-order valence-electron chi connectivity index (χ1n) is 10.8. The number of nitrogens with zero attached hydrogens (tertiary/aromatic N) is 2. The Morgan fingerprint density at radius 1 is 1.06 bits per heavy atom. The number of amides is 2. The van der Waals surface area contributed by atoms with Gasteiger partial charge >= 0.3 is 0 Å². The van der Waals surface area contributed by atoms with Crippen molar-refractivity contribution >= 4 is 17.5 Å². The summed E-state index contributed by atoms with van der Waals surface area (Å²) in [5, 5.41) is 3.04. The normalized spacial score (nSPS) is 15.8. The zero-order valence-corrected chi connectivity index (χ0v) is 18.4. The quantitative estimate of drug-likeness (QED) is 0.646. The Bertz CT molecular complexity index is 1130. The lowest BCUT2D eigenvalue weighted by Crippen LogP contribution is -2.43. The highest BCUT2D eigenvalue weighted by molar-refractivity contribution is 5.98. The molecule has 2 aromatic carbocycles. The summed E-state index contributed by atoms with van der Waals surface area (Å²) in [7, 11) is 1.50. The molecule has 2 amide bonds. The molecule has 2 heterocycles. The molecule has 0 radical (unpaired) electrons. The fraction of sp³-hybridized carbons (Fsp3) is 0.269. The van der Waals surface area contributed by atoms with Crippen LogP contribution in [0.25, 0.3) is 11.1 Å². The summed E-state index contributed by atoms with van der Waals surface area (Å²) in [4.78, 5) is 31.9. The number of carbonyl (C=O) groups excluding carboxylic acids is 2. The van der Waals surface area contributed by atoms with Gasteiger partial charge in [0, 0.05) is 25.0 Å². The van der Waals surface area contributed by atoms with E-state index >= 15 is 0 Å². The third-order valence-electron chi connectivity index (χ3n) is 5.76. The number of hydrogen-bond donors (Lipinski definition) is 1. The maximum atomic E-state index is 13.0. The number of benzene rings is 2. The fourth-order valence-electron chi connectivity index (χ4n) is 4.11. The van der Waals surface area contributed by atoms with Gasteiger partial charge in [-0.2, -0.15) is 0 Å². The average molecular weight is 430 g/mol. The van der Waals surface area contributed by atoms with Crippen molar-refractivity contribution in [1.29, 1.82) is 0 Å². The van der Waals surface area contributed by atoms with E-state index in [2.05, 4.69) is 35.4 Å². The van der Waals surface area contributed by atoms with Gasteiger partial charge in [0.2, 0.25) is 11.8 Å². The fourth-order valence-corrected chi connectivity index (χ4v) is 4.11. The molecule has 6 heteroatoms. The molecule has 0 saturated carbocycles. The van der Waals surface area contributed by atoms with Crippen molar-refractivity contribution in [3.8, 4) is 17.0 Å². The summed E-state index contributed by atoms with van der Waals surface area (Å²) in [6, 6.07) is 19.5. The first-order valence-corrected chi connectivity index (χ1v) is 10.8. The number of anilines is 1. The molecule has 6 nitrogen and oxygen atoms in total. The molecule has 1 fully saturated rings. The van der Waals surface area contributed by atoms with Crippen LogP contribution < -0.4 is 10.1 Å². The van der Waals surface area contributed by atoms with Crippen LogP contribution in [0.3, 0.4) is 0 Å². The van der Waals surface area contributed by atoms with Gasteiger partial charge in [-0.3, -0.25) is 9.59 Å². The summed E-state index contributed by atoms with van der Waals surface area (Å²) in [5.41, 5.74) is 4.53. The van der Waals surface area contributed by atoms with E-state index in [0.29, 0.717) is 24.5 Å². The molecule has 164 valence electrons. The second-order valence-electron chi connectivity index (χ2n) is 8.09. The lowest BCUT2D eigenvalue weighted by Gasteiger charge is -2.32. The van der Waals surface area contributed by atoms with Crippen LogP contribution in [0.5, 0.6) is 5.88 Å². The standard InChI is InChI=1S/C26H27N3O3/c1-18-7-3-8-19(15-18)20-9-4-11-22(16-20)28-24(30)21-10-6-14-29(17-21)26(31)23-12-5-13-27-25(23)32-2/h3-5,7-9,11-13,15-16,21H,6,10,14,17H2,1-2H3,(H,28,30)/t21-/m1/s1. The van der Waals surface area contributed by atoms with Gasteiger partial charge in [0.25, 0.3) is 5.91 Å². The van der Waals surface area contributed by atoms with Crippen molar-refractivity contribution in [2.24, 2.45) is 5.92 Å². The van der Waals surface area contributed by atoms with Gasteiger partial charge in [0.1, 0.15) is 5.56 Å². The van der Waals surface area contributed by atoms with E-state index in [1.54, 1.807) is 23.2 Å². The predicted octanol–water partition coefficient (Wildman–Crippen LogP) is 4.56. The summed E-state index contributed by atoms with van der Waals surface area (Å²) in [6.07, 6.45) is 3.11. The largest absolute Gasteiger partial charge is 0.480 e. The van der Waals surface area contributed by atoms with Gasteiger partial charge in [-0.1, -0.05) is 42.0 Å². The Labute approximate surface area is 188 Å². The monoisotopic (exact) mass is 429 g/mol. The number of ether oxygens (including phenoxy) is 1. The number of methoxy groups -OCH3 is 1. The second-order valence-corrected chi connectivity index (χ2v) is 8.09. The Hall–Kier alpha value is -3.67. The first kappa shape index (κ1) is 21.6. The highest BCUT2D eigenvalue weighted by Gasteiger charge is 2.30. The molecule has 32 heavy (non-hydrogen) atoms. The van der Waals surface area contributed by atoms with Crippen molar-refractivity contribution in [1.82, 2.24) is 9.88 Å². The summed E-state index contributed by atoms with van der Waals surface area (Å²) < 4.78 is 5.23. The Morgan fingerprint density at radius 2 is 1.84 bits per heavy atom. The van der Waals surface area contributed by atoms with Crippen molar-refractivity contribution in [3.63, 3.8) is 0 Å². The van der Waals surface area contributed by atoms with Crippen molar-refractivity contribution in [2.45, 2.75) is 19.8 Å². The molecule has 1 saturated heterocycles. The molecule has 1 aromatic heterocycles. The second kappa shape index (κ2) is 9.64. The third-order valence-corrected chi connectivity index (χ3v) is 5.76. The van der Waals surface area contributed by atoms with Crippen molar-refractivity contribution in [2.75, 3.05) is 25.5 Å². The van der Waals surface area contributed by atoms with E-state index < -0.39 is 0 Å². The maximum absolute atomic E-state index is 13.0. The smallest absolute Gasteiger partial charge is 0.259 e. The van der Waals surface area contributed by atoms with Crippen LogP contribution in [0, 0.1) is 12.8 Å². The first-order chi connectivity index (χ1) is 15.5.